The van der Waals surface area contributed by atoms with Crippen LogP contribution in [-0.2, 0) is 11.2 Å². The molecule has 1 aliphatic heterocycles. The van der Waals surface area contributed by atoms with Gasteiger partial charge in [-0.3, -0.25) is 9.59 Å². The third-order valence-corrected chi connectivity index (χ3v) is 4.61. The van der Waals surface area contributed by atoms with Gasteiger partial charge in [-0.1, -0.05) is 24.3 Å². The Bertz CT molecular complexity index is 799. The molecule has 0 radical (unpaired) electrons. The molecule has 2 aromatic rings. The fourth-order valence-corrected chi connectivity index (χ4v) is 3.12. The van der Waals surface area contributed by atoms with Gasteiger partial charge in [0.1, 0.15) is 11.6 Å². The molecule has 3 rings (SSSR count). The molecule has 0 saturated carbocycles. The first-order valence-electron chi connectivity index (χ1n) is 9.12. The molecule has 1 fully saturated rings. The number of hydrogen-bond acceptors (Lipinski definition) is 3. The third-order valence-electron chi connectivity index (χ3n) is 4.61. The van der Waals surface area contributed by atoms with Crippen molar-refractivity contribution in [2.75, 3.05) is 32.8 Å². The lowest BCUT2D eigenvalue weighted by Gasteiger charge is -2.35. The summed E-state index contributed by atoms with van der Waals surface area (Å²) in [5, 5.41) is 0. The number of rotatable bonds is 5. The quantitative estimate of drug-likeness (QED) is 0.813. The van der Waals surface area contributed by atoms with E-state index in [1.807, 2.05) is 31.2 Å². The maximum Gasteiger partial charge on any atom is 0.256 e. The fraction of sp³-hybridized carbons (Fsp3) is 0.333. The molecule has 2 aromatic carbocycles. The first kappa shape index (κ1) is 18.9. The molecule has 142 valence electrons. The number of benzene rings is 2. The molecule has 27 heavy (non-hydrogen) atoms. The van der Waals surface area contributed by atoms with Gasteiger partial charge in [-0.25, -0.2) is 4.39 Å². The summed E-state index contributed by atoms with van der Waals surface area (Å²) in [6, 6.07) is 13.5. The van der Waals surface area contributed by atoms with Gasteiger partial charge in [0, 0.05) is 26.2 Å². The van der Waals surface area contributed by atoms with Crippen LogP contribution in [0.2, 0.25) is 0 Å². The molecular weight excluding hydrogens is 347 g/mol. The van der Waals surface area contributed by atoms with Crippen molar-refractivity contribution in [1.29, 1.82) is 0 Å². The van der Waals surface area contributed by atoms with Gasteiger partial charge >= 0.3 is 0 Å². The Labute approximate surface area is 158 Å². The van der Waals surface area contributed by atoms with Crippen LogP contribution in [0.15, 0.2) is 48.5 Å². The normalized spacial score (nSPS) is 14.1. The largest absolute Gasteiger partial charge is 0.494 e. The number of ether oxygens (including phenoxy) is 1. The molecule has 0 N–H and O–H groups in total. The number of amides is 2. The van der Waals surface area contributed by atoms with Crippen molar-refractivity contribution < 1.29 is 18.7 Å². The summed E-state index contributed by atoms with van der Waals surface area (Å²) in [6.45, 7) is 4.25. The van der Waals surface area contributed by atoms with Crippen LogP contribution in [0.25, 0.3) is 0 Å². The molecule has 0 aliphatic carbocycles. The summed E-state index contributed by atoms with van der Waals surface area (Å²) in [7, 11) is 0. The van der Waals surface area contributed by atoms with Gasteiger partial charge in [-0.15, -0.1) is 0 Å². The van der Waals surface area contributed by atoms with Crippen LogP contribution in [0.1, 0.15) is 22.8 Å². The Kier molecular flexibility index (Phi) is 6.06. The Balaban J connectivity index is 1.53. The highest BCUT2D eigenvalue weighted by Gasteiger charge is 2.26. The molecule has 6 heteroatoms. The van der Waals surface area contributed by atoms with Gasteiger partial charge < -0.3 is 14.5 Å². The molecule has 0 spiro atoms. The van der Waals surface area contributed by atoms with Gasteiger partial charge in [0.15, 0.2) is 0 Å². The topological polar surface area (TPSA) is 49.9 Å². The molecule has 0 bridgehead atoms. The number of hydrogen-bond donors (Lipinski definition) is 0. The Morgan fingerprint density at radius 3 is 2.22 bits per heavy atom. The van der Waals surface area contributed by atoms with E-state index in [9.17, 15) is 14.0 Å². The van der Waals surface area contributed by atoms with Crippen molar-refractivity contribution in [2.45, 2.75) is 13.3 Å². The van der Waals surface area contributed by atoms with E-state index in [0.717, 1.165) is 11.3 Å². The van der Waals surface area contributed by atoms with E-state index in [0.29, 0.717) is 39.2 Å². The zero-order chi connectivity index (χ0) is 19.2. The first-order valence-corrected chi connectivity index (χ1v) is 9.12. The lowest BCUT2D eigenvalue weighted by Crippen LogP contribution is -2.51. The van der Waals surface area contributed by atoms with Crippen LogP contribution in [0.4, 0.5) is 4.39 Å². The average Bonchev–Trinajstić information content (AvgIpc) is 2.70. The van der Waals surface area contributed by atoms with Crippen LogP contribution in [0.5, 0.6) is 5.75 Å². The second-order valence-corrected chi connectivity index (χ2v) is 6.41. The number of halogens is 1. The van der Waals surface area contributed by atoms with Crippen LogP contribution >= 0.6 is 0 Å². The number of nitrogens with zero attached hydrogens (tertiary/aromatic N) is 2. The van der Waals surface area contributed by atoms with Crippen LogP contribution in [0, 0.1) is 5.82 Å². The maximum atomic E-state index is 13.8. The monoisotopic (exact) mass is 370 g/mol. The zero-order valence-electron chi connectivity index (χ0n) is 15.4. The second kappa shape index (κ2) is 8.66. The lowest BCUT2D eigenvalue weighted by molar-refractivity contribution is -0.131. The Hall–Kier alpha value is -2.89. The van der Waals surface area contributed by atoms with Crippen molar-refractivity contribution in [3.05, 3.63) is 65.5 Å². The van der Waals surface area contributed by atoms with E-state index in [4.69, 9.17) is 4.74 Å². The highest BCUT2D eigenvalue weighted by atomic mass is 19.1. The molecular formula is C21H23FN2O3. The zero-order valence-corrected chi connectivity index (χ0v) is 15.4. The van der Waals surface area contributed by atoms with Crippen molar-refractivity contribution in [3.63, 3.8) is 0 Å². The summed E-state index contributed by atoms with van der Waals surface area (Å²) in [4.78, 5) is 28.3. The lowest BCUT2D eigenvalue weighted by atomic mass is 10.1. The van der Waals surface area contributed by atoms with Crippen LogP contribution in [0.3, 0.4) is 0 Å². The molecule has 1 aliphatic rings. The average molecular weight is 370 g/mol. The summed E-state index contributed by atoms with van der Waals surface area (Å²) in [6.07, 6.45) is 0.313. The van der Waals surface area contributed by atoms with E-state index in [1.54, 1.807) is 21.9 Å². The van der Waals surface area contributed by atoms with E-state index in [-0.39, 0.29) is 17.4 Å². The summed E-state index contributed by atoms with van der Waals surface area (Å²) < 4.78 is 19.2. The highest BCUT2D eigenvalue weighted by molar-refractivity contribution is 5.94. The summed E-state index contributed by atoms with van der Waals surface area (Å²) in [5.74, 6) is -0.0330. The predicted octanol–water partition coefficient (Wildman–Crippen LogP) is 2.75. The van der Waals surface area contributed by atoms with Crippen molar-refractivity contribution in [2.24, 2.45) is 0 Å². The fourth-order valence-electron chi connectivity index (χ4n) is 3.12. The minimum absolute atomic E-state index is 0.0251. The van der Waals surface area contributed by atoms with Gasteiger partial charge in [0.05, 0.1) is 18.6 Å². The van der Waals surface area contributed by atoms with E-state index in [1.165, 1.54) is 12.1 Å². The molecule has 5 nitrogen and oxygen atoms in total. The molecule has 0 atom stereocenters. The van der Waals surface area contributed by atoms with E-state index in [2.05, 4.69) is 0 Å². The van der Waals surface area contributed by atoms with Crippen molar-refractivity contribution >= 4 is 11.8 Å². The predicted molar refractivity (Wildman–Crippen MR) is 100 cm³/mol. The maximum absolute atomic E-state index is 13.8. The van der Waals surface area contributed by atoms with E-state index < -0.39 is 5.82 Å². The third kappa shape index (κ3) is 4.64. The highest BCUT2D eigenvalue weighted by Crippen LogP contribution is 2.15. The molecule has 0 aromatic heterocycles. The van der Waals surface area contributed by atoms with Crippen molar-refractivity contribution in [3.8, 4) is 5.75 Å². The molecule has 1 saturated heterocycles. The molecule has 2 amide bonds. The van der Waals surface area contributed by atoms with Gasteiger partial charge in [-0.2, -0.15) is 0 Å². The van der Waals surface area contributed by atoms with Gasteiger partial charge in [0.25, 0.3) is 5.91 Å². The van der Waals surface area contributed by atoms with Crippen LogP contribution in [-0.4, -0.2) is 54.4 Å². The number of carbonyl (C=O) groups is 2. The number of carbonyl (C=O) groups excluding carboxylic acids is 2. The molecule has 1 heterocycles. The smallest absolute Gasteiger partial charge is 0.256 e. The molecule has 0 unspecified atom stereocenters. The first-order chi connectivity index (χ1) is 13.1. The minimum atomic E-state index is -0.517. The minimum Gasteiger partial charge on any atom is -0.494 e. The SMILES string of the molecule is CCOc1ccc(CC(=O)N2CCN(C(=O)c3ccccc3F)CC2)cc1. The number of piperazine rings is 1. The summed E-state index contributed by atoms with van der Waals surface area (Å²) >= 11 is 0. The standard InChI is InChI=1S/C21H23FN2O3/c1-2-27-17-9-7-16(8-10-17)15-20(25)23-11-13-24(14-12-23)21(26)18-5-3-4-6-19(18)22/h3-10H,2,11-15H2,1H3. The summed E-state index contributed by atoms with van der Waals surface area (Å²) in [5.41, 5.74) is 1.000. The second-order valence-electron chi connectivity index (χ2n) is 6.41. The van der Waals surface area contributed by atoms with Gasteiger partial charge in [0.2, 0.25) is 5.91 Å². The van der Waals surface area contributed by atoms with Crippen LogP contribution < -0.4 is 4.74 Å². The van der Waals surface area contributed by atoms with E-state index >= 15 is 0 Å². The Morgan fingerprint density at radius 2 is 1.59 bits per heavy atom. The Morgan fingerprint density at radius 1 is 0.963 bits per heavy atom. The van der Waals surface area contributed by atoms with Crippen molar-refractivity contribution in [1.82, 2.24) is 9.80 Å². The van der Waals surface area contributed by atoms with Gasteiger partial charge in [-0.05, 0) is 36.8 Å².